The first-order valence-corrected chi connectivity index (χ1v) is 14.7. The summed E-state index contributed by atoms with van der Waals surface area (Å²) in [5.74, 6) is 2.56. The minimum absolute atomic E-state index is 0.0429. The Balaban J connectivity index is 1.48. The lowest BCUT2D eigenvalue weighted by molar-refractivity contribution is 0.0758. The minimum Gasteiger partial charge on any atom is -0.509 e. The maximum Gasteiger partial charge on any atom is 0.254 e. The SMILES string of the molecule is C=C(O)C(C)(C)Oc1ccc(Oc2cccc(C(=O)N(CCc3ccccc3)CCc3ccc(OCC)cc3)c2)cc1C. The highest BCUT2D eigenvalue weighted by atomic mass is 16.5. The van der Waals surface area contributed by atoms with Gasteiger partial charge in [-0.15, -0.1) is 0 Å². The quantitative estimate of drug-likeness (QED) is 0.152. The van der Waals surface area contributed by atoms with Crippen molar-refractivity contribution in [3.8, 4) is 23.0 Å². The van der Waals surface area contributed by atoms with Crippen LogP contribution in [-0.2, 0) is 12.8 Å². The number of ether oxygens (including phenoxy) is 3. The monoisotopic (exact) mass is 579 g/mol. The van der Waals surface area contributed by atoms with Crippen LogP contribution in [-0.4, -0.2) is 41.2 Å². The molecule has 0 aromatic heterocycles. The molecule has 0 aliphatic heterocycles. The van der Waals surface area contributed by atoms with E-state index < -0.39 is 5.60 Å². The average molecular weight is 580 g/mol. The summed E-state index contributed by atoms with van der Waals surface area (Å²) in [5, 5.41) is 9.82. The number of hydrogen-bond donors (Lipinski definition) is 1. The highest BCUT2D eigenvalue weighted by Gasteiger charge is 2.24. The van der Waals surface area contributed by atoms with Gasteiger partial charge in [0.25, 0.3) is 5.91 Å². The van der Waals surface area contributed by atoms with Crippen LogP contribution in [0.15, 0.2) is 109 Å². The molecule has 4 aromatic rings. The predicted octanol–water partition coefficient (Wildman–Crippen LogP) is 8.34. The van der Waals surface area contributed by atoms with Crippen molar-refractivity contribution in [1.82, 2.24) is 4.90 Å². The first-order valence-electron chi connectivity index (χ1n) is 14.7. The molecule has 4 aromatic carbocycles. The highest BCUT2D eigenvalue weighted by Crippen LogP contribution is 2.31. The van der Waals surface area contributed by atoms with E-state index in [0.717, 1.165) is 29.7 Å². The molecule has 0 aliphatic carbocycles. The summed E-state index contributed by atoms with van der Waals surface area (Å²) < 4.78 is 17.7. The van der Waals surface area contributed by atoms with Crippen molar-refractivity contribution in [2.24, 2.45) is 0 Å². The van der Waals surface area contributed by atoms with Gasteiger partial charge in [0, 0.05) is 18.7 Å². The smallest absolute Gasteiger partial charge is 0.254 e. The number of rotatable bonds is 14. The van der Waals surface area contributed by atoms with Crippen LogP contribution in [0.3, 0.4) is 0 Å². The molecule has 1 amide bonds. The molecule has 4 rings (SSSR count). The van der Waals surface area contributed by atoms with E-state index in [9.17, 15) is 9.90 Å². The van der Waals surface area contributed by atoms with Crippen LogP contribution >= 0.6 is 0 Å². The maximum absolute atomic E-state index is 13.8. The molecule has 0 atom stereocenters. The average Bonchev–Trinajstić information content (AvgIpc) is 3.00. The van der Waals surface area contributed by atoms with Crippen LogP contribution in [0.5, 0.6) is 23.0 Å². The Bertz CT molecular complexity index is 1510. The van der Waals surface area contributed by atoms with Crippen molar-refractivity contribution in [3.63, 3.8) is 0 Å². The number of benzene rings is 4. The van der Waals surface area contributed by atoms with Gasteiger partial charge < -0.3 is 24.2 Å². The molecule has 0 unspecified atom stereocenters. The van der Waals surface area contributed by atoms with Gasteiger partial charge in [-0.05, 0) is 106 Å². The molecule has 0 heterocycles. The number of hydrogen-bond acceptors (Lipinski definition) is 5. The molecule has 6 nitrogen and oxygen atoms in total. The van der Waals surface area contributed by atoms with Crippen LogP contribution in [0.4, 0.5) is 0 Å². The van der Waals surface area contributed by atoms with Gasteiger partial charge in [-0.2, -0.15) is 0 Å². The Morgan fingerprint density at radius 3 is 2.07 bits per heavy atom. The van der Waals surface area contributed by atoms with Crippen LogP contribution in [0.2, 0.25) is 0 Å². The van der Waals surface area contributed by atoms with Crippen molar-refractivity contribution in [3.05, 3.63) is 132 Å². The van der Waals surface area contributed by atoms with E-state index in [-0.39, 0.29) is 11.7 Å². The maximum atomic E-state index is 13.8. The number of aliphatic hydroxyl groups excluding tert-OH is 1. The second-order valence-corrected chi connectivity index (χ2v) is 11.0. The van der Waals surface area contributed by atoms with Crippen LogP contribution in [0.1, 0.15) is 47.8 Å². The number of carbonyl (C=O) groups excluding carboxylic acids is 1. The molecule has 6 heteroatoms. The fraction of sp³-hybridized carbons (Fsp3) is 0.270. The Kier molecular flexibility index (Phi) is 10.5. The van der Waals surface area contributed by atoms with Gasteiger partial charge in [-0.25, -0.2) is 0 Å². The first-order chi connectivity index (χ1) is 20.6. The van der Waals surface area contributed by atoms with Crippen molar-refractivity contribution in [2.75, 3.05) is 19.7 Å². The Hall–Kier alpha value is -4.71. The third kappa shape index (κ3) is 8.89. The summed E-state index contributed by atoms with van der Waals surface area (Å²) in [6, 6.07) is 31.0. The fourth-order valence-electron chi connectivity index (χ4n) is 4.55. The lowest BCUT2D eigenvalue weighted by Gasteiger charge is -2.26. The Morgan fingerprint density at radius 1 is 0.814 bits per heavy atom. The second-order valence-electron chi connectivity index (χ2n) is 11.0. The lowest BCUT2D eigenvalue weighted by Crippen LogP contribution is -2.34. The lowest BCUT2D eigenvalue weighted by atomic mass is 10.1. The van der Waals surface area contributed by atoms with E-state index in [1.807, 2.05) is 73.3 Å². The van der Waals surface area contributed by atoms with Crippen LogP contribution in [0, 0.1) is 6.92 Å². The van der Waals surface area contributed by atoms with Gasteiger partial charge in [-0.3, -0.25) is 4.79 Å². The van der Waals surface area contributed by atoms with Crippen molar-refractivity contribution in [2.45, 2.75) is 46.1 Å². The third-order valence-electron chi connectivity index (χ3n) is 7.23. The normalized spacial score (nSPS) is 11.1. The summed E-state index contributed by atoms with van der Waals surface area (Å²) in [6.45, 7) is 12.8. The van der Waals surface area contributed by atoms with E-state index in [4.69, 9.17) is 14.2 Å². The van der Waals surface area contributed by atoms with Gasteiger partial charge in [0.1, 0.15) is 28.8 Å². The van der Waals surface area contributed by atoms with Gasteiger partial charge in [-0.1, -0.05) is 55.1 Å². The predicted molar refractivity (Wildman–Crippen MR) is 172 cm³/mol. The number of carbonyl (C=O) groups is 1. The Labute approximate surface area is 255 Å². The molecule has 0 fully saturated rings. The van der Waals surface area contributed by atoms with Gasteiger partial charge in [0.15, 0.2) is 5.60 Å². The second kappa shape index (κ2) is 14.5. The first kappa shape index (κ1) is 31.2. The molecular formula is C37H41NO5. The molecule has 0 bridgehead atoms. The zero-order valence-corrected chi connectivity index (χ0v) is 25.5. The number of aryl methyl sites for hydroxylation is 1. The topological polar surface area (TPSA) is 68.2 Å². The van der Waals surface area contributed by atoms with Crippen molar-refractivity contribution in [1.29, 1.82) is 0 Å². The van der Waals surface area contributed by atoms with E-state index in [1.54, 1.807) is 32.0 Å². The standard InChI is InChI=1S/C37H41NO5/c1-6-41-32-17-15-30(16-18-32)22-24-38(23-21-29-11-8-7-9-12-29)36(40)31-13-10-14-33(26-31)42-34-19-20-35(27(2)25-34)43-37(4,5)28(3)39/h7-20,25-26,39H,3,6,21-24H2,1-2,4-5H3. The van der Waals surface area contributed by atoms with E-state index >= 15 is 0 Å². The summed E-state index contributed by atoms with van der Waals surface area (Å²) >= 11 is 0. The zero-order valence-electron chi connectivity index (χ0n) is 25.5. The summed E-state index contributed by atoms with van der Waals surface area (Å²) in [6.07, 6.45) is 1.50. The molecule has 0 aliphatic rings. The molecule has 0 saturated heterocycles. The van der Waals surface area contributed by atoms with E-state index in [2.05, 4.69) is 30.8 Å². The van der Waals surface area contributed by atoms with Gasteiger partial charge in [0.2, 0.25) is 0 Å². The summed E-state index contributed by atoms with van der Waals surface area (Å²) in [5.41, 5.74) is 2.83. The van der Waals surface area contributed by atoms with E-state index in [0.29, 0.717) is 42.5 Å². The number of nitrogens with zero attached hydrogens (tertiary/aromatic N) is 1. The largest absolute Gasteiger partial charge is 0.509 e. The zero-order chi connectivity index (χ0) is 30.8. The van der Waals surface area contributed by atoms with Crippen molar-refractivity contribution < 1.29 is 24.1 Å². The molecule has 43 heavy (non-hydrogen) atoms. The molecule has 0 saturated carbocycles. The Morgan fingerprint density at radius 2 is 1.44 bits per heavy atom. The minimum atomic E-state index is -0.916. The number of amides is 1. The van der Waals surface area contributed by atoms with E-state index in [1.165, 1.54) is 5.56 Å². The molecule has 1 N–H and O–H groups in total. The summed E-state index contributed by atoms with van der Waals surface area (Å²) in [4.78, 5) is 15.7. The van der Waals surface area contributed by atoms with Crippen LogP contribution in [0.25, 0.3) is 0 Å². The third-order valence-corrected chi connectivity index (χ3v) is 7.23. The van der Waals surface area contributed by atoms with Crippen LogP contribution < -0.4 is 14.2 Å². The molecule has 0 radical (unpaired) electrons. The highest BCUT2D eigenvalue weighted by molar-refractivity contribution is 5.94. The van der Waals surface area contributed by atoms with Gasteiger partial charge in [0.05, 0.1) is 6.61 Å². The fourth-order valence-corrected chi connectivity index (χ4v) is 4.55. The summed E-state index contributed by atoms with van der Waals surface area (Å²) in [7, 11) is 0. The molecule has 224 valence electrons. The van der Waals surface area contributed by atoms with Gasteiger partial charge >= 0.3 is 0 Å². The number of aliphatic hydroxyl groups is 1. The molecule has 0 spiro atoms. The van der Waals surface area contributed by atoms with Crippen molar-refractivity contribution >= 4 is 5.91 Å². The molecular weight excluding hydrogens is 538 g/mol.